The molecular weight excluding hydrogens is 356 g/mol. The number of aliphatic hydroxyl groups is 2. The minimum absolute atomic E-state index is 0.0866. The van der Waals surface area contributed by atoms with Gasteiger partial charge in [-0.3, -0.25) is 4.79 Å². The Hall–Kier alpha value is -3.15. The molecule has 0 saturated carbocycles. The predicted octanol–water partition coefficient (Wildman–Crippen LogP) is 2.80. The molecule has 0 aromatic heterocycles. The van der Waals surface area contributed by atoms with Crippen molar-refractivity contribution in [1.29, 1.82) is 0 Å². The summed E-state index contributed by atoms with van der Waals surface area (Å²) < 4.78 is 5.50. The highest BCUT2D eigenvalue weighted by molar-refractivity contribution is 5.81. The molecule has 0 saturated heterocycles. The molecule has 2 bridgehead atoms. The fourth-order valence-corrected chi connectivity index (χ4v) is 4.71. The molecule has 3 unspecified atom stereocenters. The zero-order valence-electron chi connectivity index (χ0n) is 14.9. The maximum Gasteiger partial charge on any atom is 0.318 e. The number of esters is 1. The van der Waals surface area contributed by atoms with Gasteiger partial charge in [-0.25, -0.2) is 0 Å². The van der Waals surface area contributed by atoms with Crippen LogP contribution < -0.4 is 4.74 Å². The Labute approximate surface area is 161 Å². The number of para-hydroxylation sites is 1. The number of aromatic hydroxyl groups is 1. The summed E-state index contributed by atoms with van der Waals surface area (Å²) in [5, 5.41) is 33.9. The molecule has 0 radical (unpaired) electrons. The average Bonchev–Trinajstić information content (AvgIpc) is 2.71. The third kappa shape index (κ3) is 2.06. The normalized spacial score (nSPS) is 27.0. The zero-order chi connectivity index (χ0) is 19.5. The van der Waals surface area contributed by atoms with Gasteiger partial charge >= 0.3 is 5.97 Å². The van der Waals surface area contributed by atoms with Crippen molar-refractivity contribution in [3.05, 3.63) is 95.1 Å². The highest BCUT2D eigenvalue weighted by Crippen LogP contribution is 2.61. The van der Waals surface area contributed by atoms with Crippen LogP contribution >= 0.6 is 0 Å². The second-order valence-electron chi connectivity index (χ2n) is 7.36. The van der Waals surface area contributed by atoms with Crippen LogP contribution in [0.25, 0.3) is 0 Å². The van der Waals surface area contributed by atoms with Crippen LogP contribution in [0, 0.1) is 5.92 Å². The summed E-state index contributed by atoms with van der Waals surface area (Å²) in [5.74, 6) is -1.39. The Balaban J connectivity index is 1.70. The van der Waals surface area contributed by atoms with Gasteiger partial charge in [0, 0.05) is 12.0 Å². The van der Waals surface area contributed by atoms with Crippen molar-refractivity contribution >= 4 is 5.97 Å². The Kier molecular flexibility index (Phi) is 3.44. The second-order valence-corrected chi connectivity index (χ2v) is 7.36. The van der Waals surface area contributed by atoms with Gasteiger partial charge in [-0.15, -0.1) is 0 Å². The number of carbonyl (C=O) groups excluding carboxylic acids is 1. The molecule has 3 atom stereocenters. The summed E-state index contributed by atoms with van der Waals surface area (Å²) in [7, 11) is 0. The molecule has 0 heterocycles. The van der Waals surface area contributed by atoms with Gasteiger partial charge in [0.15, 0.2) is 0 Å². The van der Waals surface area contributed by atoms with E-state index in [0.717, 1.165) is 0 Å². The minimum atomic E-state index is -1.71. The fourth-order valence-electron chi connectivity index (χ4n) is 4.71. The van der Waals surface area contributed by atoms with Crippen molar-refractivity contribution in [1.82, 2.24) is 0 Å². The SMILES string of the molecule is O=C(Oc1ccccc1)C1CC2(O)c3ccccc3C1(O)c1cccc(O)c12. The fraction of sp³-hybridized carbons (Fsp3) is 0.174. The first kappa shape index (κ1) is 17.0. The summed E-state index contributed by atoms with van der Waals surface area (Å²) in [6.45, 7) is 0. The molecule has 28 heavy (non-hydrogen) atoms. The molecule has 140 valence electrons. The van der Waals surface area contributed by atoms with E-state index in [1.54, 1.807) is 60.7 Å². The number of rotatable bonds is 2. The maximum absolute atomic E-state index is 13.1. The number of ether oxygens (including phenoxy) is 1. The smallest absolute Gasteiger partial charge is 0.318 e. The van der Waals surface area contributed by atoms with Gasteiger partial charge < -0.3 is 20.1 Å². The van der Waals surface area contributed by atoms with Gasteiger partial charge in [-0.05, 0) is 34.9 Å². The molecule has 0 aliphatic heterocycles. The predicted molar refractivity (Wildman–Crippen MR) is 101 cm³/mol. The molecule has 3 aromatic carbocycles. The number of hydrogen-bond donors (Lipinski definition) is 3. The molecule has 3 N–H and O–H groups in total. The Bertz CT molecular complexity index is 1090. The number of carbonyl (C=O) groups is 1. The van der Waals surface area contributed by atoms with E-state index in [4.69, 9.17) is 4.74 Å². The van der Waals surface area contributed by atoms with E-state index in [2.05, 4.69) is 0 Å². The van der Waals surface area contributed by atoms with E-state index in [1.807, 2.05) is 6.07 Å². The van der Waals surface area contributed by atoms with E-state index in [9.17, 15) is 20.1 Å². The van der Waals surface area contributed by atoms with Crippen molar-refractivity contribution < 1.29 is 24.9 Å². The lowest BCUT2D eigenvalue weighted by Crippen LogP contribution is -2.57. The summed E-state index contributed by atoms with van der Waals surface area (Å²) in [6, 6.07) is 20.3. The third-order valence-corrected chi connectivity index (χ3v) is 5.90. The first-order valence-corrected chi connectivity index (χ1v) is 9.10. The third-order valence-electron chi connectivity index (χ3n) is 5.90. The minimum Gasteiger partial charge on any atom is -0.508 e. The largest absolute Gasteiger partial charge is 0.508 e. The molecule has 0 amide bonds. The quantitative estimate of drug-likeness (QED) is 0.474. The lowest BCUT2D eigenvalue weighted by Gasteiger charge is -2.53. The molecule has 0 spiro atoms. The van der Waals surface area contributed by atoms with Crippen LogP contribution in [0.4, 0.5) is 0 Å². The molecule has 6 rings (SSSR count). The molecule has 5 heteroatoms. The van der Waals surface area contributed by atoms with Crippen LogP contribution in [0.2, 0.25) is 0 Å². The van der Waals surface area contributed by atoms with Gasteiger partial charge in [0.25, 0.3) is 0 Å². The number of fused-ring (bicyclic) bond motifs is 1. The first-order chi connectivity index (χ1) is 13.5. The lowest BCUT2D eigenvalue weighted by molar-refractivity contribution is -0.157. The summed E-state index contributed by atoms with van der Waals surface area (Å²) >= 11 is 0. The molecule has 3 aliphatic rings. The number of hydrogen-bond acceptors (Lipinski definition) is 5. The van der Waals surface area contributed by atoms with Gasteiger partial charge in [0.2, 0.25) is 0 Å². The van der Waals surface area contributed by atoms with Crippen molar-refractivity contribution in [3.63, 3.8) is 0 Å². The average molecular weight is 374 g/mol. The summed E-state index contributed by atoms with van der Waals surface area (Å²) in [5.41, 5.74) is -1.77. The van der Waals surface area contributed by atoms with Gasteiger partial charge in [-0.2, -0.15) is 0 Å². The van der Waals surface area contributed by atoms with Crippen LogP contribution in [-0.2, 0) is 16.0 Å². The van der Waals surface area contributed by atoms with Crippen LogP contribution in [0.3, 0.4) is 0 Å². The van der Waals surface area contributed by atoms with Crippen LogP contribution in [0.5, 0.6) is 11.5 Å². The van der Waals surface area contributed by atoms with Crippen LogP contribution in [0.15, 0.2) is 72.8 Å². The van der Waals surface area contributed by atoms with Crippen LogP contribution in [0.1, 0.15) is 28.7 Å². The summed E-state index contributed by atoms with van der Waals surface area (Å²) in [4.78, 5) is 13.1. The topological polar surface area (TPSA) is 87.0 Å². The highest BCUT2D eigenvalue weighted by Gasteiger charge is 2.63. The van der Waals surface area contributed by atoms with E-state index in [-0.39, 0.29) is 17.7 Å². The van der Waals surface area contributed by atoms with E-state index in [1.165, 1.54) is 6.07 Å². The Morgan fingerprint density at radius 3 is 2.25 bits per heavy atom. The number of phenolic OH excluding ortho intramolecular Hbond substituents is 1. The van der Waals surface area contributed by atoms with Crippen molar-refractivity contribution in [2.24, 2.45) is 5.92 Å². The molecule has 5 nitrogen and oxygen atoms in total. The Morgan fingerprint density at radius 2 is 1.50 bits per heavy atom. The highest BCUT2D eigenvalue weighted by atomic mass is 16.5. The van der Waals surface area contributed by atoms with Gasteiger partial charge in [0.05, 0.1) is 5.92 Å². The summed E-state index contributed by atoms with van der Waals surface area (Å²) in [6.07, 6.45) is -0.0866. The van der Waals surface area contributed by atoms with Crippen molar-refractivity contribution in [2.45, 2.75) is 17.6 Å². The standard InChI is InChI=1S/C23H18O5/c24-19-12-6-11-17-20(19)22(26)13-18(21(25)28-14-7-2-1-3-8-14)23(17,27)16-10-5-4-9-15(16)22/h1-12,18,24,26-27H,13H2. The van der Waals surface area contributed by atoms with Gasteiger partial charge in [-0.1, -0.05) is 54.6 Å². The van der Waals surface area contributed by atoms with Crippen LogP contribution in [-0.4, -0.2) is 21.3 Å². The van der Waals surface area contributed by atoms with E-state index in [0.29, 0.717) is 22.4 Å². The molecular formula is C23H18O5. The lowest BCUT2D eigenvalue weighted by atomic mass is 9.54. The second kappa shape index (κ2) is 5.67. The Morgan fingerprint density at radius 1 is 0.857 bits per heavy atom. The number of benzene rings is 3. The van der Waals surface area contributed by atoms with Crippen molar-refractivity contribution in [3.8, 4) is 11.5 Å². The van der Waals surface area contributed by atoms with E-state index < -0.39 is 23.1 Å². The maximum atomic E-state index is 13.1. The molecule has 3 aliphatic carbocycles. The van der Waals surface area contributed by atoms with E-state index >= 15 is 0 Å². The van der Waals surface area contributed by atoms with Crippen molar-refractivity contribution in [2.75, 3.05) is 0 Å². The zero-order valence-corrected chi connectivity index (χ0v) is 14.9. The molecule has 3 aromatic rings. The van der Waals surface area contributed by atoms with Gasteiger partial charge in [0.1, 0.15) is 22.7 Å². The number of phenols is 1. The molecule has 0 fully saturated rings. The monoisotopic (exact) mass is 374 g/mol. The first-order valence-electron chi connectivity index (χ1n) is 9.10.